The van der Waals surface area contributed by atoms with Gasteiger partial charge in [-0.2, -0.15) is 0 Å². The molecule has 0 N–H and O–H groups in total. The fourth-order valence-corrected chi connectivity index (χ4v) is 10.9. The van der Waals surface area contributed by atoms with Crippen LogP contribution in [0.1, 0.15) is 22.8 Å². The van der Waals surface area contributed by atoms with Crippen LogP contribution in [0.2, 0.25) is 0 Å². The molecule has 52 heavy (non-hydrogen) atoms. The summed E-state index contributed by atoms with van der Waals surface area (Å²) in [5.41, 5.74) is 12.1. The standard InChI is InChI=1S/C44H24Br4N2S2/c45-37-38(46)42-35(27-17-9-3-10-18-27)31-23-24-32(52-31)36(28-19-11-4-12-20-28)44-40(48)39(47)43(50-44)34(26-15-7-2-8-16-26)30-22-21-29(51-30)33(41(37)49-42)25-13-5-1-6-14-25/h1-24H. The monoisotopic (exact) mass is 960 g/mol. The van der Waals surface area contributed by atoms with Crippen LogP contribution in [-0.2, 0) is 0 Å². The lowest BCUT2D eigenvalue weighted by Gasteiger charge is -2.06. The first-order valence-corrected chi connectivity index (χ1v) is 21.2. The number of thiophene rings is 2. The van der Waals surface area contributed by atoms with Crippen LogP contribution in [0, 0.1) is 0 Å². The van der Waals surface area contributed by atoms with Crippen molar-refractivity contribution in [2.24, 2.45) is 0 Å². The molecule has 3 aromatic heterocycles. The van der Waals surface area contributed by atoms with Crippen molar-refractivity contribution in [2.45, 2.75) is 0 Å². The van der Waals surface area contributed by atoms with Crippen LogP contribution in [0.15, 0.2) is 146 Å². The van der Waals surface area contributed by atoms with E-state index in [-0.39, 0.29) is 0 Å². The average molecular weight is 964 g/mol. The van der Waals surface area contributed by atoms with Crippen molar-refractivity contribution in [3.63, 3.8) is 0 Å². The number of aromatic nitrogens is 2. The second kappa shape index (κ2) is 14.2. The van der Waals surface area contributed by atoms with Crippen molar-refractivity contribution >= 4 is 123 Å². The Balaban J connectivity index is 1.55. The molecule has 2 nitrogen and oxygen atoms in total. The summed E-state index contributed by atoms with van der Waals surface area (Å²) in [4.78, 5) is 11.0. The van der Waals surface area contributed by atoms with Crippen LogP contribution in [0.25, 0.3) is 81.2 Å². The molecule has 2 aliphatic heterocycles. The summed E-state index contributed by atoms with van der Waals surface area (Å²) in [6.45, 7) is 0. The van der Waals surface area contributed by atoms with Gasteiger partial charge in [0.2, 0.25) is 0 Å². The molecule has 0 saturated heterocycles. The van der Waals surface area contributed by atoms with Gasteiger partial charge in [-0.1, -0.05) is 121 Å². The maximum Gasteiger partial charge on any atom is 0.0884 e. The zero-order valence-corrected chi connectivity index (χ0v) is 35.1. The van der Waals surface area contributed by atoms with Gasteiger partial charge in [0.05, 0.1) is 40.7 Å². The zero-order valence-electron chi connectivity index (χ0n) is 27.1. The number of fused-ring (bicyclic) bond motifs is 8. The van der Waals surface area contributed by atoms with E-state index in [1.54, 1.807) is 22.7 Å². The Hall–Kier alpha value is -3.76. The van der Waals surface area contributed by atoms with E-state index in [4.69, 9.17) is 9.97 Å². The van der Waals surface area contributed by atoms with Gasteiger partial charge in [-0.3, -0.25) is 0 Å². The Labute approximate surface area is 342 Å². The molecule has 0 amide bonds. The number of halogens is 4. The molecule has 0 aliphatic carbocycles. The summed E-state index contributed by atoms with van der Waals surface area (Å²) in [6, 6.07) is 51.1. The average Bonchev–Trinajstić information content (AvgIpc) is 3.98. The third kappa shape index (κ3) is 5.94. The highest BCUT2D eigenvalue weighted by molar-refractivity contribution is 9.18. The molecule has 0 saturated carbocycles. The lowest BCUT2D eigenvalue weighted by atomic mass is 10.0. The van der Waals surface area contributed by atoms with E-state index in [2.05, 4.69) is 209 Å². The van der Waals surface area contributed by atoms with Gasteiger partial charge < -0.3 is 0 Å². The minimum absolute atomic E-state index is 0.884. The summed E-state index contributed by atoms with van der Waals surface area (Å²) in [6.07, 6.45) is 0. The van der Waals surface area contributed by atoms with E-state index < -0.39 is 0 Å². The number of hydrogen-bond donors (Lipinski definition) is 0. The van der Waals surface area contributed by atoms with Gasteiger partial charge in [0.15, 0.2) is 0 Å². The first-order valence-electron chi connectivity index (χ1n) is 16.4. The second-order valence-corrected chi connectivity index (χ2v) is 17.5. The van der Waals surface area contributed by atoms with Crippen molar-refractivity contribution in [3.8, 4) is 44.5 Å². The second-order valence-electron chi connectivity index (χ2n) is 12.2. The molecule has 5 heterocycles. The van der Waals surface area contributed by atoms with Crippen LogP contribution < -0.4 is 0 Å². The highest BCUT2D eigenvalue weighted by Gasteiger charge is 2.28. The summed E-state index contributed by atoms with van der Waals surface area (Å²) in [5.74, 6) is 0. The smallest absolute Gasteiger partial charge is 0.0884 e. The van der Waals surface area contributed by atoms with Crippen molar-refractivity contribution in [1.29, 1.82) is 0 Å². The van der Waals surface area contributed by atoms with E-state index >= 15 is 0 Å². The number of benzene rings is 4. The fourth-order valence-electron chi connectivity index (χ4n) is 6.71. The van der Waals surface area contributed by atoms with Gasteiger partial charge in [0.1, 0.15) is 0 Å². The Kier molecular flexibility index (Phi) is 9.32. The van der Waals surface area contributed by atoms with Gasteiger partial charge in [-0.25, -0.2) is 9.97 Å². The van der Waals surface area contributed by atoms with Gasteiger partial charge in [0.25, 0.3) is 0 Å². The third-order valence-corrected chi connectivity index (χ3v) is 15.5. The molecule has 0 fully saturated rings. The van der Waals surface area contributed by atoms with Crippen LogP contribution in [0.3, 0.4) is 0 Å². The Morgan fingerprint density at radius 1 is 0.288 bits per heavy atom. The number of hydrogen-bond acceptors (Lipinski definition) is 4. The van der Waals surface area contributed by atoms with Crippen molar-refractivity contribution < 1.29 is 0 Å². The van der Waals surface area contributed by atoms with E-state index in [9.17, 15) is 0 Å². The Bertz CT molecular complexity index is 2380. The van der Waals surface area contributed by atoms with Crippen molar-refractivity contribution in [3.05, 3.63) is 168 Å². The molecule has 0 unspecified atom stereocenters. The maximum absolute atomic E-state index is 5.52. The van der Waals surface area contributed by atoms with Crippen LogP contribution >= 0.6 is 86.4 Å². The Morgan fingerprint density at radius 2 is 0.500 bits per heavy atom. The molecular formula is C44H24Br4N2S2. The predicted octanol–water partition coefficient (Wildman–Crippen LogP) is 15.7. The molecule has 0 spiro atoms. The predicted molar refractivity (Wildman–Crippen MR) is 239 cm³/mol. The fraction of sp³-hybridized carbons (Fsp3) is 0. The normalized spacial score (nSPS) is 12.8. The molecule has 7 aromatic rings. The van der Waals surface area contributed by atoms with Crippen molar-refractivity contribution in [1.82, 2.24) is 9.97 Å². The van der Waals surface area contributed by atoms with Gasteiger partial charge in [-0.05, 0) is 110 Å². The first-order chi connectivity index (χ1) is 25.5. The largest absolute Gasteiger partial charge is 0.245 e. The molecule has 8 heteroatoms. The number of rotatable bonds is 4. The molecule has 9 rings (SSSR count). The highest BCUT2D eigenvalue weighted by Crippen LogP contribution is 2.51. The summed E-state index contributed by atoms with van der Waals surface area (Å²) < 4.78 is 8.11. The van der Waals surface area contributed by atoms with E-state index in [1.165, 1.54) is 0 Å². The van der Waals surface area contributed by atoms with Gasteiger partial charge in [0, 0.05) is 41.1 Å². The van der Waals surface area contributed by atoms with Gasteiger partial charge >= 0.3 is 0 Å². The van der Waals surface area contributed by atoms with Crippen molar-refractivity contribution in [2.75, 3.05) is 0 Å². The topological polar surface area (TPSA) is 25.8 Å². The van der Waals surface area contributed by atoms with Crippen LogP contribution in [-0.4, -0.2) is 9.97 Å². The highest BCUT2D eigenvalue weighted by atomic mass is 79.9. The lowest BCUT2D eigenvalue weighted by Crippen LogP contribution is -1.87. The Morgan fingerprint density at radius 3 is 0.712 bits per heavy atom. The lowest BCUT2D eigenvalue weighted by molar-refractivity contribution is 1.32. The molecule has 2 aliphatic rings. The summed E-state index contributed by atoms with van der Waals surface area (Å²) in [7, 11) is 0. The summed E-state index contributed by atoms with van der Waals surface area (Å²) in [5, 5.41) is 0. The summed E-state index contributed by atoms with van der Waals surface area (Å²) >= 11 is 19.6. The molecule has 0 radical (unpaired) electrons. The third-order valence-electron chi connectivity index (χ3n) is 9.06. The molecule has 0 atom stereocenters. The maximum atomic E-state index is 5.52. The molecule has 8 bridgehead atoms. The molecule has 250 valence electrons. The van der Waals surface area contributed by atoms with Crippen LogP contribution in [0.5, 0.6) is 0 Å². The van der Waals surface area contributed by atoms with Gasteiger partial charge in [-0.15, -0.1) is 22.7 Å². The molecular weight excluding hydrogens is 940 g/mol. The van der Waals surface area contributed by atoms with Crippen LogP contribution in [0.4, 0.5) is 0 Å². The van der Waals surface area contributed by atoms with E-state index in [1.807, 2.05) is 0 Å². The van der Waals surface area contributed by atoms with E-state index in [0.29, 0.717) is 0 Å². The SMILES string of the molecule is BrC1=C(Br)c2nc1c(-c1ccccc1)c1ccc(s1)c(-c1ccccc1)c1nc(c(-c3ccccc3)c3ccc(s3)c2-c2ccccc2)C(Br)=C1Br. The number of nitrogens with zero attached hydrogens (tertiary/aromatic N) is 2. The zero-order chi connectivity index (χ0) is 35.3. The van der Waals surface area contributed by atoms with E-state index in [0.717, 1.165) is 104 Å². The minimum atomic E-state index is 0.884. The molecule has 4 aromatic carbocycles. The first kappa shape index (κ1) is 34.0. The minimum Gasteiger partial charge on any atom is -0.245 e. The quantitative estimate of drug-likeness (QED) is 0.176.